The van der Waals surface area contributed by atoms with Gasteiger partial charge in [0.05, 0.1) is 0 Å². The zero-order valence-electron chi connectivity index (χ0n) is 6.17. The molecule has 3 unspecified atom stereocenters. The predicted molar refractivity (Wildman–Crippen MR) is 36.4 cm³/mol. The van der Waals surface area contributed by atoms with E-state index in [9.17, 15) is 4.79 Å². The van der Waals surface area contributed by atoms with E-state index in [1.807, 2.05) is 0 Å². The Kier molecular flexibility index (Phi) is 1.22. The van der Waals surface area contributed by atoms with Gasteiger partial charge < -0.3 is 4.74 Å². The molecule has 2 bridgehead atoms. The highest BCUT2D eigenvalue weighted by Crippen LogP contribution is 2.39. The molecule has 0 aromatic rings. The van der Waals surface area contributed by atoms with E-state index in [1.54, 1.807) is 0 Å². The van der Waals surface area contributed by atoms with Gasteiger partial charge in [-0.15, -0.1) is 0 Å². The fraction of sp³-hybridized carbons (Fsp3) is 0.875. The molecular weight excluding hydrogens is 128 g/mol. The Hall–Kier alpha value is -0.530. The van der Waals surface area contributed by atoms with Gasteiger partial charge in [0.15, 0.2) is 0 Å². The smallest absolute Gasteiger partial charge is 0.306 e. The lowest BCUT2D eigenvalue weighted by molar-refractivity contribution is -0.154. The van der Waals surface area contributed by atoms with Crippen LogP contribution in [-0.2, 0) is 9.53 Å². The van der Waals surface area contributed by atoms with E-state index in [-0.39, 0.29) is 12.1 Å². The Morgan fingerprint density at radius 1 is 1.50 bits per heavy atom. The Morgan fingerprint density at radius 3 is 3.00 bits per heavy atom. The van der Waals surface area contributed by atoms with E-state index in [0.29, 0.717) is 18.3 Å². The first-order valence-electron chi connectivity index (χ1n) is 3.95. The third-order valence-corrected chi connectivity index (χ3v) is 2.64. The first kappa shape index (κ1) is 6.20. The molecule has 2 nitrogen and oxygen atoms in total. The van der Waals surface area contributed by atoms with E-state index < -0.39 is 0 Å². The summed E-state index contributed by atoms with van der Waals surface area (Å²) in [6.45, 7) is 2.17. The van der Waals surface area contributed by atoms with Crippen molar-refractivity contribution in [2.24, 2.45) is 11.8 Å². The van der Waals surface area contributed by atoms with Crippen LogP contribution < -0.4 is 0 Å². The van der Waals surface area contributed by atoms with Crippen molar-refractivity contribution < 1.29 is 9.53 Å². The molecule has 1 heterocycles. The quantitative estimate of drug-likeness (QED) is 0.475. The Balaban J connectivity index is 2.13. The molecule has 0 radical (unpaired) electrons. The maximum absolute atomic E-state index is 10.8. The van der Waals surface area contributed by atoms with Crippen molar-refractivity contribution in [2.75, 3.05) is 0 Å². The molecule has 0 spiro atoms. The van der Waals surface area contributed by atoms with Crippen LogP contribution >= 0.6 is 0 Å². The van der Waals surface area contributed by atoms with E-state index >= 15 is 0 Å². The van der Waals surface area contributed by atoms with Crippen molar-refractivity contribution in [1.82, 2.24) is 0 Å². The summed E-state index contributed by atoms with van der Waals surface area (Å²) in [5, 5.41) is 0. The van der Waals surface area contributed by atoms with Crippen LogP contribution in [-0.4, -0.2) is 12.1 Å². The molecule has 1 aliphatic carbocycles. The van der Waals surface area contributed by atoms with Crippen LogP contribution in [0.25, 0.3) is 0 Å². The molecule has 1 saturated carbocycles. The molecule has 0 aromatic heterocycles. The van der Waals surface area contributed by atoms with E-state index in [4.69, 9.17) is 4.74 Å². The van der Waals surface area contributed by atoms with Crippen LogP contribution in [0, 0.1) is 11.8 Å². The molecule has 2 rings (SSSR count). The fourth-order valence-corrected chi connectivity index (χ4v) is 2.12. The number of rotatable bonds is 0. The average Bonchev–Trinajstić information content (AvgIpc) is 2.07. The Bertz CT molecular complexity index is 163. The summed E-state index contributed by atoms with van der Waals surface area (Å²) in [6, 6.07) is 0. The van der Waals surface area contributed by atoms with Gasteiger partial charge in [-0.25, -0.2) is 0 Å². The highest BCUT2D eigenvalue weighted by atomic mass is 16.5. The molecule has 3 atom stereocenters. The summed E-state index contributed by atoms with van der Waals surface area (Å²) in [5.74, 6) is 1.27. The van der Waals surface area contributed by atoms with Crippen LogP contribution in [0.4, 0.5) is 0 Å². The minimum absolute atomic E-state index is 0.0191. The summed E-state index contributed by atoms with van der Waals surface area (Å²) in [7, 11) is 0. The molecule has 2 heteroatoms. The SMILES string of the molecule is CC1CC2CC(=O)OC1C2. The van der Waals surface area contributed by atoms with E-state index in [0.717, 1.165) is 6.42 Å². The fourth-order valence-electron chi connectivity index (χ4n) is 2.12. The summed E-state index contributed by atoms with van der Waals surface area (Å²) in [5.41, 5.74) is 0. The second kappa shape index (κ2) is 1.97. The first-order chi connectivity index (χ1) is 4.75. The maximum Gasteiger partial charge on any atom is 0.306 e. The highest BCUT2D eigenvalue weighted by molar-refractivity contribution is 5.71. The minimum Gasteiger partial charge on any atom is -0.462 e. The zero-order chi connectivity index (χ0) is 7.14. The van der Waals surface area contributed by atoms with Gasteiger partial charge in [-0.05, 0) is 24.7 Å². The second-order valence-corrected chi connectivity index (χ2v) is 3.55. The lowest BCUT2D eigenvalue weighted by Gasteiger charge is -2.19. The van der Waals surface area contributed by atoms with Crippen LogP contribution in [0.1, 0.15) is 26.2 Å². The van der Waals surface area contributed by atoms with Gasteiger partial charge in [0.2, 0.25) is 0 Å². The van der Waals surface area contributed by atoms with Crippen LogP contribution in [0.2, 0.25) is 0 Å². The van der Waals surface area contributed by atoms with Crippen molar-refractivity contribution >= 4 is 5.97 Å². The first-order valence-corrected chi connectivity index (χ1v) is 3.95. The van der Waals surface area contributed by atoms with Gasteiger partial charge in [0.25, 0.3) is 0 Å². The molecule has 56 valence electrons. The minimum atomic E-state index is 0.0191. The monoisotopic (exact) mass is 140 g/mol. The van der Waals surface area contributed by atoms with Gasteiger partial charge >= 0.3 is 5.97 Å². The number of hydrogen-bond acceptors (Lipinski definition) is 2. The summed E-state index contributed by atoms with van der Waals surface area (Å²) in [4.78, 5) is 10.8. The normalized spacial score (nSPS) is 45.3. The standard InChI is InChI=1S/C8H12O2/c1-5-2-6-3-7(5)10-8(9)4-6/h5-7H,2-4H2,1H3. The Morgan fingerprint density at radius 2 is 2.30 bits per heavy atom. The van der Waals surface area contributed by atoms with Crippen molar-refractivity contribution in [2.45, 2.75) is 32.3 Å². The van der Waals surface area contributed by atoms with Crippen molar-refractivity contribution in [1.29, 1.82) is 0 Å². The van der Waals surface area contributed by atoms with Gasteiger partial charge in [-0.1, -0.05) is 6.92 Å². The van der Waals surface area contributed by atoms with Gasteiger partial charge in [-0.2, -0.15) is 0 Å². The topological polar surface area (TPSA) is 26.3 Å². The zero-order valence-corrected chi connectivity index (χ0v) is 6.17. The van der Waals surface area contributed by atoms with Crippen molar-refractivity contribution in [3.63, 3.8) is 0 Å². The van der Waals surface area contributed by atoms with Gasteiger partial charge in [-0.3, -0.25) is 4.79 Å². The summed E-state index contributed by atoms with van der Waals surface area (Å²) < 4.78 is 5.15. The van der Waals surface area contributed by atoms with Crippen molar-refractivity contribution in [3.8, 4) is 0 Å². The number of fused-ring (bicyclic) bond motifs is 2. The molecule has 1 aliphatic heterocycles. The lowest BCUT2D eigenvalue weighted by Crippen LogP contribution is -2.24. The van der Waals surface area contributed by atoms with Gasteiger partial charge in [0.1, 0.15) is 6.10 Å². The predicted octanol–water partition coefficient (Wildman–Crippen LogP) is 1.35. The lowest BCUT2D eigenvalue weighted by atomic mass is 10.0. The third-order valence-electron chi connectivity index (χ3n) is 2.64. The number of hydrogen-bond donors (Lipinski definition) is 0. The molecular formula is C8H12O2. The number of esters is 1. The van der Waals surface area contributed by atoms with Crippen molar-refractivity contribution in [3.05, 3.63) is 0 Å². The molecule has 10 heavy (non-hydrogen) atoms. The maximum atomic E-state index is 10.8. The van der Waals surface area contributed by atoms with Crippen LogP contribution in [0.15, 0.2) is 0 Å². The number of carbonyl (C=O) groups excluding carboxylic acids is 1. The molecule has 0 amide bonds. The number of carbonyl (C=O) groups is 1. The number of ether oxygens (including phenoxy) is 1. The molecule has 1 saturated heterocycles. The second-order valence-electron chi connectivity index (χ2n) is 3.55. The molecule has 0 N–H and O–H groups in total. The summed E-state index contributed by atoms with van der Waals surface area (Å²) >= 11 is 0. The molecule has 2 fully saturated rings. The largest absolute Gasteiger partial charge is 0.462 e. The van der Waals surface area contributed by atoms with Gasteiger partial charge in [0, 0.05) is 6.42 Å². The summed E-state index contributed by atoms with van der Waals surface area (Å²) in [6.07, 6.45) is 3.23. The highest BCUT2D eigenvalue weighted by Gasteiger charge is 2.39. The Labute approximate surface area is 60.6 Å². The van der Waals surface area contributed by atoms with E-state index in [2.05, 4.69) is 6.92 Å². The van der Waals surface area contributed by atoms with Crippen LogP contribution in [0.3, 0.4) is 0 Å². The third kappa shape index (κ3) is 0.825. The van der Waals surface area contributed by atoms with Crippen LogP contribution in [0.5, 0.6) is 0 Å². The molecule has 0 aromatic carbocycles. The van der Waals surface area contributed by atoms with E-state index in [1.165, 1.54) is 6.42 Å². The average molecular weight is 140 g/mol. The molecule has 2 aliphatic rings.